The van der Waals surface area contributed by atoms with Gasteiger partial charge in [0, 0.05) is 20.2 Å². The first-order chi connectivity index (χ1) is 8.81. The second-order valence-corrected chi connectivity index (χ2v) is 3.78. The zero-order valence-corrected chi connectivity index (χ0v) is 10.1. The highest BCUT2D eigenvalue weighted by Crippen LogP contribution is 2.14. The fourth-order valence-electron chi connectivity index (χ4n) is 1.65. The van der Waals surface area contributed by atoms with E-state index in [1.165, 1.54) is 18.5 Å². The Hall–Kier alpha value is -1.79. The molecule has 0 aliphatic carbocycles. The second-order valence-electron chi connectivity index (χ2n) is 3.78. The van der Waals surface area contributed by atoms with Crippen LogP contribution in [0.3, 0.4) is 0 Å². The predicted octanol–water partition coefficient (Wildman–Crippen LogP) is 1.14. The Morgan fingerprint density at radius 2 is 2.33 bits per heavy atom. The van der Waals surface area contributed by atoms with Crippen molar-refractivity contribution in [3.8, 4) is 5.69 Å². The molecule has 0 fully saturated rings. The van der Waals surface area contributed by atoms with Crippen molar-refractivity contribution in [3.63, 3.8) is 0 Å². The molecule has 0 saturated carbocycles. The highest BCUT2D eigenvalue weighted by molar-refractivity contribution is 5.40. The van der Waals surface area contributed by atoms with Crippen LogP contribution in [0.25, 0.3) is 5.69 Å². The molecule has 0 atom stereocenters. The maximum Gasteiger partial charge on any atom is 0.138 e. The van der Waals surface area contributed by atoms with Crippen LogP contribution in [0.5, 0.6) is 0 Å². The lowest BCUT2D eigenvalue weighted by molar-refractivity contribution is 0.199. The molecule has 6 heteroatoms. The van der Waals surface area contributed by atoms with Gasteiger partial charge in [-0.05, 0) is 23.8 Å². The third-order valence-electron chi connectivity index (χ3n) is 2.51. The third-order valence-corrected chi connectivity index (χ3v) is 2.51. The van der Waals surface area contributed by atoms with Gasteiger partial charge in [0.25, 0.3) is 0 Å². The molecule has 0 spiro atoms. The number of rotatable bonds is 6. The zero-order chi connectivity index (χ0) is 12.8. The number of hydrogen-bond donors (Lipinski definition) is 1. The average Bonchev–Trinajstić information content (AvgIpc) is 2.88. The minimum atomic E-state index is -0.262. The second kappa shape index (κ2) is 6.23. The fourth-order valence-corrected chi connectivity index (χ4v) is 1.65. The van der Waals surface area contributed by atoms with Crippen LogP contribution in [0, 0.1) is 5.82 Å². The van der Waals surface area contributed by atoms with Crippen molar-refractivity contribution in [2.24, 2.45) is 0 Å². The van der Waals surface area contributed by atoms with E-state index in [9.17, 15) is 4.39 Å². The van der Waals surface area contributed by atoms with Crippen LogP contribution in [-0.4, -0.2) is 35.0 Å². The van der Waals surface area contributed by atoms with Gasteiger partial charge < -0.3 is 10.1 Å². The Balaban J connectivity index is 2.14. The highest BCUT2D eigenvalue weighted by Gasteiger charge is 2.06. The first kappa shape index (κ1) is 12.7. The summed E-state index contributed by atoms with van der Waals surface area (Å²) in [5, 5.41) is 7.23. The van der Waals surface area contributed by atoms with Crippen LogP contribution in [0.1, 0.15) is 5.56 Å². The zero-order valence-electron chi connectivity index (χ0n) is 10.1. The number of hydrogen-bond acceptors (Lipinski definition) is 4. The summed E-state index contributed by atoms with van der Waals surface area (Å²) in [6, 6.07) is 4.60. The van der Waals surface area contributed by atoms with E-state index < -0.39 is 0 Å². The fraction of sp³-hybridized carbons (Fsp3) is 0.333. The SMILES string of the molecule is COCCNCc1cc(F)ccc1-n1cncn1. The van der Waals surface area contributed by atoms with E-state index in [0.717, 1.165) is 11.3 Å². The Kier molecular flexibility index (Phi) is 4.38. The molecule has 1 aromatic carbocycles. The Morgan fingerprint density at radius 3 is 3.06 bits per heavy atom. The molecule has 18 heavy (non-hydrogen) atoms. The van der Waals surface area contributed by atoms with E-state index in [0.29, 0.717) is 19.7 Å². The van der Waals surface area contributed by atoms with Crippen molar-refractivity contribution in [3.05, 3.63) is 42.2 Å². The quantitative estimate of drug-likeness (QED) is 0.781. The molecule has 0 unspecified atom stereocenters. The lowest BCUT2D eigenvalue weighted by Gasteiger charge is -2.10. The summed E-state index contributed by atoms with van der Waals surface area (Å²) in [5.41, 5.74) is 1.65. The molecule has 0 aliphatic heterocycles. The van der Waals surface area contributed by atoms with Crippen molar-refractivity contribution < 1.29 is 9.13 Å². The predicted molar refractivity (Wildman–Crippen MR) is 64.9 cm³/mol. The lowest BCUT2D eigenvalue weighted by atomic mass is 10.1. The summed E-state index contributed by atoms with van der Waals surface area (Å²) in [6.07, 6.45) is 3.04. The largest absolute Gasteiger partial charge is 0.383 e. The Morgan fingerprint density at radius 1 is 1.44 bits per heavy atom. The van der Waals surface area contributed by atoms with E-state index in [2.05, 4.69) is 15.4 Å². The number of aromatic nitrogens is 3. The minimum Gasteiger partial charge on any atom is -0.383 e. The van der Waals surface area contributed by atoms with Crippen LogP contribution >= 0.6 is 0 Å². The van der Waals surface area contributed by atoms with Gasteiger partial charge in [-0.2, -0.15) is 5.10 Å². The molecule has 0 radical (unpaired) electrons. The van der Waals surface area contributed by atoms with Crippen molar-refractivity contribution in [1.29, 1.82) is 0 Å². The summed E-state index contributed by atoms with van der Waals surface area (Å²) < 4.78 is 19.8. The summed E-state index contributed by atoms with van der Waals surface area (Å²) >= 11 is 0. The molecule has 96 valence electrons. The van der Waals surface area contributed by atoms with Gasteiger partial charge in [0.1, 0.15) is 18.5 Å². The van der Waals surface area contributed by atoms with Crippen LogP contribution in [-0.2, 0) is 11.3 Å². The van der Waals surface area contributed by atoms with Crippen LogP contribution in [0.4, 0.5) is 4.39 Å². The van der Waals surface area contributed by atoms with Gasteiger partial charge in [0.05, 0.1) is 12.3 Å². The Bertz CT molecular complexity index is 487. The van der Waals surface area contributed by atoms with Gasteiger partial charge in [-0.1, -0.05) is 0 Å². The monoisotopic (exact) mass is 250 g/mol. The molecule has 0 saturated heterocycles. The standard InChI is InChI=1S/C12H15FN4O/c1-18-5-4-14-7-10-6-11(13)2-3-12(10)17-9-15-8-16-17/h2-3,6,8-9,14H,4-5,7H2,1H3. The van der Waals surface area contributed by atoms with E-state index in [4.69, 9.17) is 4.74 Å². The van der Waals surface area contributed by atoms with Crippen LogP contribution in [0.15, 0.2) is 30.9 Å². The van der Waals surface area contributed by atoms with Crippen molar-refractivity contribution in [2.45, 2.75) is 6.54 Å². The van der Waals surface area contributed by atoms with E-state index in [1.807, 2.05) is 0 Å². The first-order valence-corrected chi connectivity index (χ1v) is 5.64. The number of halogens is 1. The molecule has 0 bridgehead atoms. The topological polar surface area (TPSA) is 52.0 Å². The summed E-state index contributed by atoms with van der Waals surface area (Å²) in [6.45, 7) is 1.88. The summed E-state index contributed by atoms with van der Waals surface area (Å²) in [7, 11) is 1.64. The van der Waals surface area contributed by atoms with Crippen molar-refractivity contribution in [2.75, 3.05) is 20.3 Å². The number of nitrogens with one attached hydrogen (secondary N) is 1. The molecule has 2 rings (SSSR count). The maximum absolute atomic E-state index is 13.3. The van der Waals surface area contributed by atoms with E-state index >= 15 is 0 Å². The summed E-state index contributed by atoms with van der Waals surface area (Å²) in [4.78, 5) is 3.89. The Labute approximate surface area is 105 Å². The molecular weight excluding hydrogens is 235 g/mol. The molecule has 1 N–H and O–H groups in total. The molecule has 0 amide bonds. The number of nitrogens with zero attached hydrogens (tertiary/aromatic N) is 3. The summed E-state index contributed by atoms with van der Waals surface area (Å²) in [5.74, 6) is -0.262. The van der Waals surface area contributed by atoms with Crippen LogP contribution in [0.2, 0.25) is 0 Å². The molecule has 5 nitrogen and oxygen atoms in total. The smallest absolute Gasteiger partial charge is 0.138 e. The third kappa shape index (κ3) is 3.12. The molecule has 0 aliphatic rings. The van der Waals surface area contributed by atoms with Crippen molar-refractivity contribution in [1.82, 2.24) is 20.1 Å². The normalized spacial score (nSPS) is 10.8. The lowest BCUT2D eigenvalue weighted by Crippen LogP contribution is -2.19. The van der Waals surface area contributed by atoms with Gasteiger partial charge in [-0.25, -0.2) is 14.1 Å². The first-order valence-electron chi connectivity index (χ1n) is 5.64. The van der Waals surface area contributed by atoms with Crippen LogP contribution < -0.4 is 5.32 Å². The minimum absolute atomic E-state index is 0.262. The molecule has 1 aromatic heterocycles. The highest BCUT2D eigenvalue weighted by atomic mass is 19.1. The molecule has 1 heterocycles. The maximum atomic E-state index is 13.3. The number of methoxy groups -OCH3 is 1. The van der Waals surface area contributed by atoms with Gasteiger partial charge in [-0.15, -0.1) is 0 Å². The van der Waals surface area contributed by atoms with Gasteiger partial charge in [-0.3, -0.25) is 0 Å². The molecular formula is C12H15FN4O. The van der Waals surface area contributed by atoms with Gasteiger partial charge >= 0.3 is 0 Å². The van der Waals surface area contributed by atoms with E-state index in [1.54, 1.807) is 24.2 Å². The number of benzene rings is 1. The van der Waals surface area contributed by atoms with Crippen molar-refractivity contribution >= 4 is 0 Å². The van der Waals surface area contributed by atoms with E-state index in [-0.39, 0.29) is 5.82 Å². The van der Waals surface area contributed by atoms with Gasteiger partial charge in [0.2, 0.25) is 0 Å². The van der Waals surface area contributed by atoms with Gasteiger partial charge in [0.15, 0.2) is 0 Å². The molecule has 2 aromatic rings. The average molecular weight is 250 g/mol. The number of ether oxygens (including phenoxy) is 1.